The molecule has 3 aromatic rings. The molecule has 4 aliphatic rings. The summed E-state index contributed by atoms with van der Waals surface area (Å²) in [6.07, 6.45) is 10.0. The molecule has 1 aromatic heterocycles. The van der Waals surface area contributed by atoms with Gasteiger partial charge in [-0.15, -0.1) is 9.46 Å². The van der Waals surface area contributed by atoms with Crippen LogP contribution in [0.1, 0.15) is 65.4 Å². The average molecular weight is 754 g/mol. The molecular formula is C38H48ClN5O7S. The van der Waals surface area contributed by atoms with Crippen LogP contribution in [0.15, 0.2) is 59.1 Å². The van der Waals surface area contributed by atoms with E-state index in [1.54, 1.807) is 39.5 Å². The first-order valence-corrected chi connectivity index (χ1v) is 19.8. The van der Waals surface area contributed by atoms with E-state index >= 15 is 0 Å². The molecule has 12 nitrogen and oxygen atoms in total. The van der Waals surface area contributed by atoms with Gasteiger partial charge in [0.25, 0.3) is 11.8 Å². The molecule has 2 amide bonds. The lowest BCUT2D eigenvalue weighted by atomic mass is 9.68. The van der Waals surface area contributed by atoms with Crippen LogP contribution >= 0.6 is 11.6 Å². The summed E-state index contributed by atoms with van der Waals surface area (Å²) in [7, 11) is 2.67. The van der Waals surface area contributed by atoms with Crippen molar-refractivity contribution in [1.29, 1.82) is 0 Å². The van der Waals surface area contributed by atoms with Crippen molar-refractivity contribution in [1.82, 2.24) is 14.5 Å². The number of rotatable bonds is 5. The zero-order chi connectivity index (χ0) is 36.6. The second kappa shape index (κ2) is 14.8. The zero-order valence-corrected chi connectivity index (χ0v) is 31.6. The van der Waals surface area contributed by atoms with Crippen LogP contribution in [0, 0.1) is 11.8 Å². The number of fused-ring (bicyclic) bond motifs is 4. The Morgan fingerprint density at radius 1 is 1.12 bits per heavy atom. The van der Waals surface area contributed by atoms with Crippen LogP contribution in [0.4, 0.5) is 5.69 Å². The second-order valence-electron chi connectivity index (χ2n) is 14.3. The topological polar surface area (TPSA) is 134 Å². The molecule has 7 rings (SSSR count). The Balaban J connectivity index is 0.00000481. The summed E-state index contributed by atoms with van der Waals surface area (Å²) in [5.74, 6) is -0.233. The lowest BCUT2D eigenvalue weighted by molar-refractivity contribution is 0.0124. The number of methoxy groups -OCH3 is 3. The number of amides is 2. The Kier molecular flexibility index (Phi) is 10.4. The molecule has 1 unspecified atom stereocenters. The predicted octanol–water partition coefficient (Wildman–Crippen LogP) is 5.77. The van der Waals surface area contributed by atoms with Gasteiger partial charge in [0.2, 0.25) is 5.88 Å². The summed E-state index contributed by atoms with van der Waals surface area (Å²) in [6.45, 7) is 1.91. The highest BCUT2D eigenvalue weighted by atomic mass is 35.5. The van der Waals surface area contributed by atoms with Crippen molar-refractivity contribution in [2.75, 3.05) is 51.7 Å². The average Bonchev–Trinajstić information content (AvgIpc) is 3.44. The van der Waals surface area contributed by atoms with Crippen LogP contribution in [0.3, 0.4) is 0 Å². The Morgan fingerprint density at radius 2 is 1.96 bits per heavy atom. The van der Waals surface area contributed by atoms with Gasteiger partial charge < -0.3 is 23.8 Å². The minimum atomic E-state index is -3.67. The van der Waals surface area contributed by atoms with E-state index in [0.717, 1.165) is 49.4 Å². The maximum absolute atomic E-state index is 14.6. The van der Waals surface area contributed by atoms with Crippen molar-refractivity contribution in [3.8, 4) is 11.6 Å². The van der Waals surface area contributed by atoms with Crippen molar-refractivity contribution in [3.05, 3.63) is 82.0 Å². The van der Waals surface area contributed by atoms with Gasteiger partial charge in [0.1, 0.15) is 21.2 Å². The molecule has 1 N–H and O–H groups in total. The molecule has 1 saturated carbocycles. The maximum atomic E-state index is 14.6. The number of hydrogen-bond acceptors (Lipinski definition) is 9. The van der Waals surface area contributed by atoms with E-state index in [-0.39, 0.29) is 48.0 Å². The highest BCUT2D eigenvalue weighted by molar-refractivity contribution is 7.92. The fourth-order valence-corrected chi connectivity index (χ4v) is 10.0. The number of halogens is 1. The van der Waals surface area contributed by atoms with Crippen LogP contribution < -0.4 is 19.1 Å². The van der Waals surface area contributed by atoms with Gasteiger partial charge in [0.15, 0.2) is 0 Å². The third kappa shape index (κ3) is 7.20. The molecule has 1 fully saturated rings. The monoisotopic (exact) mass is 753 g/mol. The number of ether oxygens (including phenoxy) is 4. The Labute approximate surface area is 311 Å². The molecule has 0 radical (unpaired) electrons. The highest BCUT2D eigenvalue weighted by Gasteiger charge is 2.44. The minimum Gasteiger partial charge on any atom is -0.490 e. The first kappa shape index (κ1) is 36.4. The second-order valence-corrected chi connectivity index (χ2v) is 16.8. The van der Waals surface area contributed by atoms with Gasteiger partial charge in [-0.3, -0.25) is 19.0 Å². The number of hydrogen-bond donors (Lipinski definition) is 1. The molecule has 2 aromatic carbocycles. The molecule has 14 heteroatoms. The minimum absolute atomic E-state index is 0. The fourth-order valence-electron chi connectivity index (χ4n) is 8.26. The highest BCUT2D eigenvalue weighted by Crippen LogP contribution is 2.47. The van der Waals surface area contributed by atoms with Gasteiger partial charge in [-0.25, -0.2) is 4.21 Å². The number of aryl methyl sites for hydroxylation is 2. The molecular weight excluding hydrogens is 706 g/mol. The summed E-state index contributed by atoms with van der Waals surface area (Å²) in [5.41, 5.74) is 3.32. The van der Waals surface area contributed by atoms with E-state index < -0.39 is 27.8 Å². The summed E-state index contributed by atoms with van der Waals surface area (Å²) < 4.78 is 46.5. The van der Waals surface area contributed by atoms with Crippen molar-refractivity contribution in [3.63, 3.8) is 0 Å². The molecule has 0 saturated heterocycles. The van der Waals surface area contributed by atoms with Gasteiger partial charge in [-0.2, -0.15) is 0 Å². The van der Waals surface area contributed by atoms with E-state index in [2.05, 4.69) is 31.2 Å². The van der Waals surface area contributed by atoms with Gasteiger partial charge in [-0.05, 0) is 91.8 Å². The molecule has 2 aliphatic heterocycles. The van der Waals surface area contributed by atoms with Crippen LogP contribution in [-0.4, -0.2) is 84.8 Å². The van der Waals surface area contributed by atoms with Gasteiger partial charge >= 0.3 is 0 Å². The van der Waals surface area contributed by atoms with Gasteiger partial charge in [0.05, 0.1) is 37.4 Å². The summed E-state index contributed by atoms with van der Waals surface area (Å²) >= 11 is 6.46. The van der Waals surface area contributed by atoms with Crippen molar-refractivity contribution in [2.45, 2.75) is 56.1 Å². The van der Waals surface area contributed by atoms with Crippen molar-refractivity contribution < 1.29 is 34.2 Å². The Morgan fingerprint density at radius 3 is 2.71 bits per heavy atom. The SMILES string of the molecule is COc1nn(C)cc1C(=O)NS1(=O)=NC(=O)c2ccc3c(c2)N(C[C@@H]2CC[C@H]2[C@@H](OC)/C=C/[C@@H](OC)CC1)C[C@@]1(CCCc2cc(Cl)ccc21)CO3.[HH]. The third-order valence-corrected chi connectivity index (χ3v) is 13.1. The largest absolute Gasteiger partial charge is 0.490 e. The normalized spacial score (nSPS) is 29.4. The quantitative estimate of drug-likeness (QED) is 0.323. The molecule has 52 heavy (non-hydrogen) atoms. The number of benzene rings is 2. The lowest BCUT2D eigenvalue weighted by Crippen LogP contribution is -2.49. The number of nitrogens with one attached hydrogen (secondary N) is 1. The third-order valence-electron chi connectivity index (χ3n) is 11.1. The Hall–Kier alpha value is -3.91. The molecule has 1 spiro atoms. The van der Waals surface area contributed by atoms with E-state index in [4.69, 9.17) is 30.5 Å². The molecule has 3 heterocycles. The van der Waals surface area contributed by atoms with Crippen LogP contribution in [0.2, 0.25) is 5.02 Å². The van der Waals surface area contributed by atoms with Gasteiger partial charge in [-0.1, -0.05) is 29.8 Å². The van der Waals surface area contributed by atoms with Crippen molar-refractivity contribution in [2.24, 2.45) is 23.2 Å². The van der Waals surface area contributed by atoms with E-state index in [1.165, 1.54) is 29.1 Å². The number of carbonyl (C=O) groups excluding carboxylic acids is 2. The smallest absolute Gasteiger partial charge is 0.286 e. The number of anilines is 1. The van der Waals surface area contributed by atoms with E-state index in [1.807, 2.05) is 18.2 Å². The zero-order valence-electron chi connectivity index (χ0n) is 30.0. The molecule has 2 aliphatic carbocycles. The fraction of sp³-hybridized carbons (Fsp3) is 0.500. The maximum Gasteiger partial charge on any atom is 0.286 e. The van der Waals surface area contributed by atoms with Crippen LogP contribution in [0.5, 0.6) is 11.6 Å². The number of aromatic nitrogens is 2. The first-order valence-electron chi connectivity index (χ1n) is 17.8. The van der Waals surface area contributed by atoms with Crippen molar-refractivity contribution >= 4 is 39.0 Å². The summed E-state index contributed by atoms with van der Waals surface area (Å²) in [6, 6.07) is 11.4. The molecule has 280 valence electrons. The van der Waals surface area contributed by atoms with Gasteiger partial charge in [0, 0.05) is 58.0 Å². The van der Waals surface area contributed by atoms with Crippen LogP contribution in [-0.2, 0) is 38.3 Å². The Bertz CT molecular complexity index is 2020. The number of nitrogens with zero attached hydrogens (tertiary/aromatic N) is 4. The molecule has 6 atom stereocenters. The van der Waals surface area contributed by atoms with E-state index in [0.29, 0.717) is 24.8 Å². The summed E-state index contributed by atoms with van der Waals surface area (Å²) in [4.78, 5) is 29.9. The predicted molar refractivity (Wildman–Crippen MR) is 201 cm³/mol. The standard InChI is InChI=1S/C38H46ClN5O7S.H2/c1-43-21-30(37(40-43)50-4)36(46)42-52(47)17-15-28(48-2)10-14-33(49-3)29-11-7-26(29)20-44-22-38(16-5-6-24-18-27(39)9-12-31(24)38)23-51-34-13-8-25(19-32(34)44)35(45)41-52;/h8-10,12-14,18-19,21,26,28-29,33H,5-7,11,15-17,20,22-23H2,1-4H3,(H,41,42,45,46,47);1H/b14-10+;/t26-,28+,29+,33-,38-,52?;/m0./s1. The first-order chi connectivity index (χ1) is 25.0. The van der Waals surface area contributed by atoms with E-state index in [9.17, 15) is 13.8 Å². The lowest BCUT2D eigenvalue weighted by Gasteiger charge is -2.46. The number of carbonyl (C=O) groups is 2. The molecule has 2 bridgehead atoms. The summed E-state index contributed by atoms with van der Waals surface area (Å²) in [5, 5.41) is 4.86. The van der Waals surface area contributed by atoms with Crippen LogP contribution in [0.25, 0.3) is 0 Å².